The number of hydrogen-bond donors (Lipinski definition) is 1. The molecule has 4 nitrogen and oxygen atoms in total. The zero-order valence-electron chi connectivity index (χ0n) is 11.0. The van der Waals surface area contributed by atoms with E-state index in [9.17, 15) is 0 Å². The lowest BCUT2D eigenvalue weighted by Gasteiger charge is -2.31. The van der Waals surface area contributed by atoms with Crippen LogP contribution in [-0.4, -0.2) is 35.5 Å². The highest BCUT2D eigenvalue weighted by Crippen LogP contribution is 2.15. The Labute approximate surface area is 109 Å². The van der Waals surface area contributed by atoms with E-state index >= 15 is 0 Å². The number of hydrogen-bond acceptors (Lipinski definition) is 2. The Morgan fingerprint density at radius 2 is 2.28 bits per heavy atom. The van der Waals surface area contributed by atoms with Crippen molar-refractivity contribution in [3.05, 3.63) is 30.1 Å². The average Bonchev–Trinajstić information content (AvgIpc) is 2.40. The van der Waals surface area contributed by atoms with Crippen LogP contribution in [-0.2, 0) is 6.42 Å². The molecule has 1 aromatic heterocycles. The van der Waals surface area contributed by atoms with Gasteiger partial charge in [-0.05, 0) is 36.8 Å². The zero-order valence-corrected chi connectivity index (χ0v) is 11.0. The number of guanidine groups is 1. The van der Waals surface area contributed by atoms with Crippen LogP contribution in [0.2, 0.25) is 0 Å². The van der Waals surface area contributed by atoms with Gasteiger partial charge in [0.05, 0.1) is 0 Å². The van der Waals surface area contributed by atoms with E-state index < -0.39 is 0 Å². The maximum Gasteiger partial charge on any atom is 0.191 e. The summed E-state index contributed by atoms with van der Waals surface area (Å²) in [7, 11) is 0. The highest BCUT2D eigenvalue weighted by Gasteiger charge is 2.16. The molecular formula is C14H22N4. The van der Waals surface area contributed by atoms with Gasteiger partial charge in [-0.1, -0.05) is 13.0 Å². The molecule has 4 heteroatoms. The standard InChI is InChI=1S/C14H22N4/c1-12-5-9-18(10-6-12)14(15)17-8-4-13-3-2-7-16-11-13/h2-3,7,11-12H,4-6,8-10H2,1H3,(H2,15,17). The molecule has 2 heterocycles. The Hall–Kier alpha value is -1.58. The van der Waals surface area contributed by atoms with Crippen molar-refractivity contribution in [2.75, 3.05) is 19.6 Å². The molecule has 0 atom stereocenters. The maximum absolute atomic E-state index is 6.02. The summed E-state index contributed by atoms with van der Waals surface area (Å²) < 4.78 is 0. The van der Waals surface area contributed by atoms with E-state index in [1.165, 1.54) is 18.4 Å². The Morgan fingerprint density at radius 3 is 2.94 bits per heavy atom. The van der Waals surface area contributed by atoms with Gasteiger partial charge in [-0.15, -0.1) is 0 Å². The fourth-order valence-electron chi connectivity index (χ4n) is 2.18. The molecule has 0 amide bonds. The Balaban J connectivity index is 1.78. The molecule has 0 unspecified atom stereocenters. The number of nitrogens with zero attached hydrogens (tertiary/aromatic N) is 3. The van der Waals surface area contributed by atoms with E-state index in [1.807, 2.05) is 12.3 Å². The van der Waals surface area contributed by atoms with Crippen LogP contribution in [0.4, 0.5) is 0 Å². The summed E-state index contributed by atoms with van der Waals surface area (Å²) in [5.74, 6) is 1.52. The summed E-state index contributed by atoms with van der Waals surface area (Å²) in [4.78, 5) is 10.7. The van der Waals surface area contributed by atoms with Crippen LogP contribution in [0.5, 0.6) is 0 Å². The second-order valence-corrected chi connectivity index (χ2v) is 5.02. The van der Waals surface area contributed by atoms with E-state index in [2.05, 4.69) is 27.9 Å². The van der Waals surface area contributed by atoms with Crippen LogP contribution in [0.1, 0.15) is 25.3 Å². The fourth-order valence-corrected chi connectivity index (χ4v) is 2.18. The van der Waals surface area contributed by atoms with E-state index in [0.29, 0.717) is 5.96 Å². The number of piperidine rings is 1. The molecule has 98 valence electrons. The molecule has 1 fully saturated rings. The quantitative estimate of drug-likeness (QED) is 0.652. The second kappa shape index (κ2) is 6.38. The van der Waals surface area contributed by atoms with Crippen LogP contribution in [0.3, 0.4) is 0 Å². The lowest BCUT2D eigenvalue weighted by molar-refractivity contribution is 0.277. The molecule has 1 aliphatic heterocycles. The number of pyridine rings is 1. The van der Waals surface area contributed by atoms with Crippen LogP contribution < -0.4 is 5.73 Å². The Kier molecular flexibility index (Phi) is 4.56. The summed E-state index contributed by atoms with van der Waals surface area (Å²) in [6.45, 7) is 5.13. The Morgan fingerprint density at radius 1 is 1.50 bits per heavy atom. The normalized spacial score (nSPS) is 18.1. The maximum atomic E-state index is 6.02. The predicted molar refractivity (Wildman–Crippen MR) is 74.4 cm³/mol. The highest BCUT2D eigenvalue weighted by atomic mass is 15.3. The number of aliphatic imine (C=N–C) groups is 1. The highest BCUT2D eigenvalue weighted by molar-refractivity contribution is 5.78. The van der Waals surface area contributed by atoms with E-state index in [1.54, 1.807) is 6.20 Å². The first-order valence-corrected chi connectivity index (χ1v) is 6.69. The lowest BCUT2D eigenvalue weighted by atomic mass is 10.00. The number of rotatable bonds is 3. The second-order valence-electron chi connectivity index (χ2n) is 5.02. The summed E-state index contributed by atoms with van der Waals surface area (Å²) in [6.07, 6.45) is 7.01. The SMILES string of the molecule is CC1CCN(C(N)=NCCc2cccnc2)CC1. The van der Waals surface area contributed by atoms with E-state index in [-0.39, 0.29) is 0 Å². The molecule has 0 bridgehead atoms. The molecule has 0 spiro atoms. The average molecular weight is 246 g/mol. The van der Waals surface area contributed by atoms with Crippen LogP contribution in [0, 0.1) is 5.92 Å². The summed E-state index contributed by atoms with van der Waals surface area (Å²) >= 11 is 0. The molecule has 1 saturated heterocycles. The fraction of sp³-hybridized carbons (Fsp3) is 0.571. The summed E-state index contributed by atoms with van der Waals surface area (Å²) in [5, 5.41) is 0. The van der Waals surface area contributed by atoms with Crippen LogP contribution in [0.25, 0.3) is 0 Å². The molecular weight excluding hydrogens is 224 g/mol. The molecule has 2 rings (SSSR count). The van der Waals surface area contributed by atoms with Gasteiger partial charge in [0.1, 0.15) is 0 Å². The van der Waals surface area contributed by atoms with Crippen molar-refractivity contribution in [2.45, 2.75) is 26.2 Å². The van der Waals surface area contributed by atoms with Gasteiger partial charge in [-0.25, -0.2) is 0 Å². The molecule has 1 aromatic rings. The monoisotopic (exact) mass is 246 g/mol. The third kappa shape index (κ3) is 3.72. The summed E-state index contributed by atoms with van der Waals surface area (Å²) in [5.41, 5.74) is 7.23. The van der Waals surface area contributed by atoms with Crippen molar-refractivity contribution in [1.29, 1.82) is 0 Å². The van der Waals surface area contributed by atoms with Crippen molar-refractivity contribution in [3.8, 4) is 0 Å². The van der Waals surface area contributed by atoms with Gasteiger partial charge in [0, 0.05) is 32.0 Å². The van der Waals surface area contributed by atoms with Gasteiger partial charge >= 0.3 is 0 Å². The zero-order chi connectivity index (χ0) is 12.8. The van der Waals surface area contributed by atoms with Gasteiger partial charge in [-0.2, -0.15) is 0 Å². The van der Waals surface area contributed by atoms with Crippen molar-refractivity contribution in [2.24, 2.45) is 16.6 Å². The first kappa shape index (κ1) is 12.9. The molecule has 2 N–H and O–H groups in total. The topological polar surface area (TPSA) is 54.5 Å². The van der Waals surface area contributed by atoms with E-state index in [4.69, 9.17) is 5.73 Å². The first-order valence-electron chi connectivity index (χ1n) is 6.69. The number of likely N-dealkylation sites (tertiary alicyclic amines) is 1. The smallest absolute Gasteiger partial charge is 0.191 e. The van der Waals surface area contributed by atoms with Gasteiger partial charge < -0.3 is 10.6 Å². The molecule has 18 heavy (non-hydrogen) atoms. The van der Waals surface area contributed by atoms with E-state index in [0.717, 1.165) is 32.0 Å². The minimum atomic E-state index is 0.700. The third-order valence-electron chi connectivity index (χ3n) is 3.50. The Bertz CT molecular complexity index is 380. The van der Waals surface area contributed by atoms with Gasteiger partial charge in [0.2, 0.25) is 0 Å². The van der Waals surface area contributed by atoms with Crippen molar-refractivity contribution < 1.29 is 0 Å². The van der Waals surface area contributed by atoms with Crippen LogP contribution >= 0.6 is 0 Å². The third-order valence-corrected chi connectivity index (χ3v) is 3.50. The molecule has 0 saturated carbocycles. The van der Waals surface area contributed by atoms with Crippen LogP contribution in [0.15, 0.2) is 29.5 Å². The molecule has 1 aliphatic rings. The number of aromatic nitrogens is 1. The summed E-state index contributed by atoms with van der Waals surface area (Å²) in [6, 6.07) is 4.02. The molecule has 0 aromatic carbocycles. The van der Waals surface area contributed by atoms with Crippen molar-refractivity contribution in [3.63, 3.8) is 0 Å². The lowest BCUT2D eigenvalue weighted by Crippen LogP contribution is -2.42. The largest absolute Gasteiger partial charge is 0.370 e. The van der Waals surface area contributed by atoms with Gasteiger partial charge in [0.25, 0.3) is 0 Å². The first-order chi connectivity index (χ1) is 8.75. The van der Waals surface area contributed by atoms with Crippen molar-refractivity contribution >= 4 is 5.96 Å². The molecule has 0 radical (unpaired) electrons. The van der Waals surface area contributed by atoms with Gasteiger partial charge in [0.15, 0.2) is 5.96 Å². The molecule has 0 aliphatic carbocycles. The minimum absolute atomic E-state index is 0.700. The predicted octanol–water partition coefficient (Wildman–Crippen LogP) is 1.67. The van der Waals surface area contributed by atoms with Gasteiger partial charge in [-0.3, -0.25) is 9.98 Å². The van der Waals surface area contributed by atoms with Crippen molar-refractivity contribution in [1.82, 2.24) is 9.88 Å². The minimum Gasteiger partial charge on any atom is -0.370 e. The number of nitrogens with two attached hydrogens (primary N) is 1.